The van der Waals surface area contributed by atoms with Crippen LogP contribution in [0.3, 0.4) is 0 Å². The van der Waals surface area contributed by atoms with E-state index in [1.165, 1.54) is 0 Å². The van der Waals surface area contributed by atoms with Gasteiger partial charge in [0.2, 0.25) is 0 Å². The Balaban J connectivity index is 2.05. The molecule has 0 unspecified atom stereocenters. The summed E-state index contributed by atoms with van der Waals surface area (Å²) < 4.78 is 0. The van der Waals surface area contributed by atoms with Crippen molar-refractivity contribution in [3.8, 4) is 0 Å². The fourth-order valence-corrected chi connectivity index (χ4v) is 3.58. The fourth-order valence-electron chi connectivity index (χ4n) is 3.58. The second-order valence-corrected chi connectivity index (χ2v) is 6.14. The number of rotatable bonds is 2. The van der Waals surface area contributed by atoms with E-state index in [1.54, 1.807) is 0 Å². The SMILES string of the molecule is CC1=CC(c2ccccc2)(c2ccccc2)N([O])c2ccccc21. The molecule has 4 rings (SSSR count). The van der Waals surface area contributed by atoms with Crippen LogP contribution in [0.4, 0.5) is 5.69 Å². The third-order valence-corrected chi connectivity index (χ3v) is 4.72. The molecule has 1 aliphatic heterocycles. The van der Waals surface area contributed by atoms with Crippen LogP contribution in [0.25, 0.3) is 5.57 Å². The molecule has 0 aliphatic carbocycles. The Kier molecular flexibility index (Phi) is 3.47. The normalized spacial score (nSPS) is 15.6. The maximum Gasteiger partial charge on any atom is 0.139 e. The predicted octanol–water partition coefficient (Wildman–Crippen LogP) is 5.20. The molecule has 1 aliphatic rings. The molecule has 0 atom stereocenters. The quantitative estimate of drug-likeness (QED) is 0.638. The van der Waals surface area contributed by atoms with Crippen LogP contribution >= 0.6 is 0 Å². The first-order valence-electron chi connectivity index (χ1n) is 8.11. The second kappa shape index (κ2) is 5.66. The number of hydrogen-bond acceptors (Lipinski definition) is 1. The van der Waals surface area contributed by atoms with E-state index in [2.05, 4.69) is 13.0 Å². The van der Waals surface area contributed by atoms with Gasteiger partial charge in [0.25, 0.3) is 0 Å². The first kappa shape index (κ1) is 14.7. The number of hydrogen-bond donors (Lipinski definition) is 0. The summed E-state index contributed by atoms with van der Waals surface area (Å²) >= 11 is 0. The number of benzene rings is 3. The Bertz CT molecular complexity index is 845. The highest BCUT2D eigenvalue weighted by molar-refractivity contribution is 5.82. The molecule has 0 aromatic heterocycles. The molecule has 0 spiro atoms. The van der Waals surface area contributed by atoms with Gasteiger partial charge in [-0.15, -0.1) is 0 Å². The molecular formula is C22H18NO. The summed E-state index contributed by atoms with van der Waals surface area (Å²) in [6.07, 6.45) is 2.09. The highest BCUT2D eigenvalue weighted by Crippen LogP contribution is 2.46. The smallest absolute Gasteiger partial charge is 0.139 e. The highest BCUT2D eigenvalue weighted by atomic mass is 16.5. The molecule has 0 N–H and O–H groups in total. The van der Waals surface area contributed by atoms with Crippen LogP contribution in [0.1, 0.15) is 23.6 Å². The predicted molar refractivity (Wildman–Crippen MR) is 96.9 cm³/mol. The Morgan fingerprint density at radius 1 is 0.708 bits per heavy atom. The zero-order chi connectivity index (χ0) is 16.6. The Hall–Kier alpha value is -2.84. The van der Waals surface area contributed by atoms with Gasteiger partial charge in [-0.1, -0.05) is 84.1 Å². The highest BCUT2D eigenvalue weighted by Gasteiger charge is 2.43. The van der Waals surface area contributed by atoms with Crippen LogP contribution in [0.5, 0.6) is 0 Å². The van der Waals surface area contributed by atoms with Gasteiger partial charge >= 0.3 is 0 Å². The van der Waals surface area contributed by atoms with Gasteiger partial charge in [-0.25, -0.2) is 5.06 Å². The zero-order valence-corrected chi connectivity index (χ0v) is 13.5. The van der Waals surface area contributed by atoms with Gasteiger partial charge in [-0.3, -0.25) is 0 Å². The molecule has 0 saturated heterocycles. The van der Waals surface area contributed by atoms with Crippen LogP contribution in [0.15, 0.2) is 91.0 Å². The van der Waals surface area contributed by atoms with Crippen molar-refractivity contribution in [1.82, 2.24) is 0 Å². The molecule has 3 aromatic rings. The summed E-state index contributed by atoms with van der Waals surface area (Å²) in [7, 11) is 0. The lowest BCUT2D eigenvalue weighted by Gasteiger charge is -2.42. The molecule has 24 heavy (non-hydrogen) atoms. The number of para-hydroxylation sites is 1. The summed E-state index contributed by atoms with van der Waals surface area (Å²) in [6, 6.07) is 27.8. The number of nitrogens with zero attached hydrogens (tertiary/aromatic N) is 1. The minimum atomic E-state index is -0.846. The minimum Gasteiger partial charge on any atom is -0.201 e. The maximum atomic E-state index is 13.6. The van der Waals surface area contributed by atoms with Crippen LogP contribution in [0.2, 0.25) is 0 Å². The molecule has 117 valence electrons. The summed E-state index contributed by atoms with van der Waals surface area (Å²) in [5.74, 6) is 0. The topological polar surface area (TPSA) is 23.1 Å². The Morgan fingerprint density at radius 2 is 1.21 bits per heavy atom. The van der Waals surface area contributed by atoms with Crippen LogP contribution < -0.4 is 5.06 Å². The summed E-state index contributed by atoms with van der Waals surface area (Å²) in [4.78, 5) is 0. The summed E-state index contributed by atoms with van der Waals surface area (Å²) in [6.45, 7) is 2.08. The Morgan fingerprint density at radius 3 is 1.79 bits per heavy atom. The van der Waals surface area contributed by atoms with Crippen molar-refractivity contribution in [3.63, 3.8) is 0 Å². The fraction of sp³-hybridized carbons (Fsp3) is 0.0909. The zero-order valence-electron chi connectivity index (χ0n) is 13.5. The monoisotopic (exact) mass is 312 g/mol. The van der Waals surface area contributed by atoms with E-state index in [4.69, 9.17) is 0 Å². The summed E-state index contributed by atoms with van der Waals surface area (Å²) in [5.41, 5.74) is 3.92. The molecule has 3 aromatic carbocycles. The molecule has 1 radical (unpaired) electrons. The van der Waals surface area contributed by atoms with Crippen LogP contribution in [0, 0.1) is 0 Å². The van der Waals surface area contributed by atoms with E-state index in [0.29, 0.717) is 5.69 Å². The molecule has 2 nitrogen and oxygen atoms in total. The first-order chi connectivity index (χ1) is 11.7. The number of hydroxylamine groups is 1. The largest absolute Gasteiger partial charge is 0.201 e. The molecule has 0 saturated carbocycles. The molecule has 0 fully saturated rings. The standard InChI is InChI=1S/C22H18NO/c1-17-16-22(18-10-4-2-5-11-18,19-12-6-3-7-13-19)23(24)21-15-9-8-14-20(17)21/h2-16H,1H3. The number of allylic oxidation sites excluding steroid dienone is 1. The van der Waals surface area contributed by atoms with Crippen molar-refractivity contribution >= 4 is 11.3 Å². The average molecular weight is 312 g/mol. The van der Waals surface area contributed by atoms with Gasteiger partial charge < -0.3 is 0 Å². The van der Waals surface area contributed by atoms with Gasteiger partial charge in [-0.2, -0.15) is 0 Å². The van der Waals surface area contributed by atoms with Gasteiger partial charge in [0.05, 0.1) is 5.69 Å². The van der Waals surface area contributed by atoms with E-state index in [-0.39, 0.29) is 0 Å². The summed E-state index contributed by atoms with van der Waals surface area (Å²) in [5, 5.41) is 14.7. The third-order valence-electron chi connectivity index (χ3n) is 4.72. The van der Waals surface area contributed by atoms with Crippen LogP contribution in [-0.4, -0.2) is 0 Å². The van der Waals surface area contributed by atoms with Crippen molar-refractivity contribution in [1.29, 1.82) is 0 Å². The molecule has 0 amide bonds. The molecular weight excluding hydrogens is 294 g/mol. The van der Waals surface area contributed by atoms with E-state index in [1.807, 2.05) is 84.9 Å². The average Bonchev–Trinajstić information content (AvgIpc) is 2.66. The van der Waals surface area contributed by atoms with Gasteiger partial charge in [0, 0.05) is 5.56 Å². The van der Waals surface area contributed by atoms with Crippen molar-refractivity contribution < 1.29 is 5.21 Å². The lowest BCUT2D eigenvalue weighted by atomic mass is 9.77. The van der Waals surface area contributed by atoms with Crippen molar-refractivity contribution in [3.05, 3.63) is 108 Å². The lowest BCUT2D eigenvalue weighted by Crippen LogP contribution is -2.45. The van der Waals surface area contributed by atoms with Crippen LogP contribution in [-0.2, 0) is 10.7 Å². The van der Waals surface area contributed by atoms with Gasteiger partial charge in [-0.05, 0) is 35.8 Å². The van der Waals surface area contributed by atoms with E-state index >= 15 is 0 Å². The molecule has 2 heteroatoms. The van der Waals surface area contributed by atoms with Crippen molar-refractivity contribution in [2.24, 2.45) is 0 Å². The number of fused-ring (bicyclic) bond motifs is 1. The Labute approximate surface area is 142 Å². The van der Waals surface area contributed by atoms with E-state index < -0.39 is 5.54 Å². The van der Waals surface area contributed by atoms with Gasteiger partial charge in [0.15, 0.2) is 0 Å². The van der Waals surface area contributed by atoms with E-state index in [0.717, 1.165) is 27.3 Å². The minimum absolute atomic E-state index is 0.713. The first-order valence-corrected chi connectivity index (χ1v) is 8.11. The molecule has 1 heterocycles. The van der Waals surface area contributed by atoms with Crippen molar-refractivity contribution in [2.45, 2.75) is 12.5 Å². The second-order valence-electron chi connectivity index (χ2n) is 6.14. The lowest BCUT2D eigenvalue weighted by molar-refractivity contribution is 0.112. The van der Waals surface area contributed by atoms with Crippen molar-refractivity contribution in [2.75, 3.05) is 5.06 Å². The van der Waals surface area contributed by atoms with E-state index in [9.17, 15) is 5.21 Å². The maximum absolute atomic E-state index is 13.6. The molecule has 0 bridgehead atoms. The van der Waals surface area contributed by atoms with Gasteiger partial charge in [0.1, 0.15) is 5.54 Å². The third kappa shape index (κ3) is 2.08. The number of anilines is 1.